The lowest BCUT2D eigenvalue weighted by Crippen LogP contribution is -2.28. The summed E-state index contributed by atoms with van der Waals surface area (Å²) in [6, 6.07) is 0. The summed E-state index contributed by atoms with van der Waals surface area (Å²) in [4.78, 5) is 11.1. The second kappa shape index (κ2) is 1.62. The lowest BCUT2D eigenvalue weighted by Gasteiger charge is -2.25. The number of carbonyl (C=O) groups is 1. The number of rotatable bonds is 0. The van der Waals surface area contributed by atoms with Crippen LogP contribution in [-0.4, -0.2) is 18.0 Å². The van der Waals surface area contributed by atoms with Crippen molar-refractivity contribution in [2.24, 2.45) is 5.41 Å². The smallest absolute Gasteiger partial charge is 0.164 e. The van der Waals surface area contributed by atoms with Crippen molar-refractivity contribution in [3.8, 4) is 0 Å². The summed E-state index contributed by atoms with van der Waals surface area (Å²) < 4.78 is 5.18. The number of epoxide rings is 1. The van der Waals surface area contributed by atoms with Crippen molar-refractivity contribution in [1.29, 1.82) is 0 Å². The zero-order valence-corrected chi connectivity index (χ0v) is 6.39. The van der Waals surface area contributed by atoms with Gasteiger partial charge in [0.25, 0.3) is 0 Å². The first-order valence-corrected chi connectivity index (χ1v) is 3.77. The molecule has 1 aliphatic heterocycles. The Morgan fingerprint density at radius 1 is 1.60 bits per heavy atom. The molecule has 1 saturated carbocycles. The Balaban J connectivity index is 2.13. The van der Waals surface area contributed by atoms with E-state index in [2.05, 4.69) is 13.8 Å². The van der Waals surface area contributed by atoms with Crippen LogP contribution >= 0.6 is 0 Å². The Morgan fingerprint density at radius 3 is 2.90 bits per heavy atom. The van der Waals surface area contributed by atoms with E-state index in [1.807, 2.05) is 0 Å². The predicted molar refractivity (Wildman–Crippen MR) is 36.7 cm³/mol. The SMILES string of the molecule is CC1(C)CC(=O)C2OC2C1. The van der Waals surface area contributed by atoms with Gasteiger partial charge in [-0.25, -0.2) is 0 Å². The summed E-state index contributed by atoms with van der Waals surface area (Å²) in [7, 11) is 0. The molecular weight excluding hydrogens is 128 g/mol. The highest BCUT2D eigenvalue weighted by atomic mass is 16.6. The lowest BCUT2D eigenvalue weighted by molar-refractivity contribution is -0.122. The Labute approximate surface area is 60.6 Å². The zero-order chi connectivity index (χ0) is 7.35. The van der Waals surface area contributed by atoms with E-state index in [-0.39, 0.29) is 17.6 Å². The van der Waals surface area contributed by atoms with Crippen molar-refractivity contribution in [3.63, 3.8) is 0 Å². The normalized spacial score (nSPS) is 42.8. The minimum atomic E-state index is -0.00646. The van der Waals surface area contributed by atoms with Crippen molar-refractivity contribution < 1.29 is 9.53 Å². The minimum Gasteiger partial charge on any atom is -0.361 e. The van der Waals surface area contributed by atoms with Crippen LogP contribution in [0, 0.1) is 5.41 Å². The molecule has 2 unspecified atom stereocenters. The Bertz CT molecular complexity index is 184. The van der Waals surface area contributed by atoms with Gasteiger partial charge in [0.05, 0.1) is 6.10 Å². The summed E-state index contributed by atoms with van der Waals surface area (Å²) in [6.07, 6.45) is 2.03. The second-order valence-electron chi connectivity index (χ2n) is 4.11. The van der Waals surface area contributed by atoms with Gasteiger partial charge in [-0.05, 0) is 11.8 Å². The molecule has 1 saturated heterocycles. The van der Waals surface area contributed by atoms with Crippen LogP contribution in [0.4, 0.5) is 0 Å². The average molecular weight is 140 g/mol. The maximum Gasteiger partial charge on any atom is 0.164 e. The number of fused-ring (bicyclic) bond motifs is 1. The fourth-order valence-corrected chi connectivity index (χ4v) is 1.77. The van der Waals surface area contributed by atoms with Crippen LogP contribution in [0.2, 0.25) is 0 Å². The molecule has 0 aromatic carbocycles. The van der Waals surface area contributed by atoms with Crippen LogP contribution in [0.5, 0.6) is 0 Å². The van der Waals surface area contributed by atoms with Crippen molar-refractivity contribution in [2.45, 2.75) is 38.9 Å². The van der Waals surface area contributed by atoms with Crippen LogP contribution in [0.25, 0.3) is 0 Å². The molecule has 10 heavy (non-hydrogen) atoms. The fraction of sp³-hybridized carbons (Fsp3) is 0.875. The first kappa shape index (κ1) is 6.35. The molecule has 56 valence electrons. The van der Waals surface area contributed by atoms with E-state index < -0.39 is 0 Å². The molecule has 0 aromatic rings. The largest absolute Gasteiger partial charge is 0.361 e. The topological polar surface area (TPSA) is 29.6 Å². The van der Waals surface area contributed by atoms with Gasteiger partial charge in [0, 0.05) is 6.42 Å². The highest BCUT2D eigenvalue weighted by Gasteiger charge is 2.52. The molecule has 2 atom stereocenters. The molecule has 2 heteroatoms. The molecule has 2 aliphatic rings. The monoisotopic (exact) mass is 140 g/mol. The predicted octanol–water partition coefficient (Wildman–Crippen LogP) is 1.14. The standard InChI is InChI=1S/C8H12O2/c1-8(2)3-5(9)7-6(4-8)10-7/h6-7H,3-4H2,1-2H3. The van der Waals surface area contributed by atoms with Crippen LogP contribution in [0.1, 0.15) is 26.7 Å². The summed E-state index contributed by atoms with van der Waals surface area (Å²) >= 11 is 0. The highest BCUT2D eigenvalue weighted by Crippen LogP contribution is 2.43. The van der Waals surface area contributed by atoms with E-state index in [1.54, 1.807) is 0 Å². The third-order valence-corrected chi connectivity index (χ3v) is 2.31. The van der Waals surface area contributed by atoms with E-state index in [0.717, 1.165) is 6.42 Å². The molecule has 2 rings (SSSR count). The third kappa shape index (κ3) is 0.870. The number of ketones is 1. The number of hydrogen-bond donors (Lipinski definition) is 0. The molecule has 0 spiro atoms. The van der Waals surface area contributed by atoms with Crippen molar-refractivity contribution in [3.05, 3.63) is 0 Å². The molecule has 2 nitrogen and oxygen atoms in total. The number of hydrogen-bond acceptors (Lipinski definition) is 2. The van der Waals surface area contributed by atoms with Crippen LogP contribution < -0.4 is 0 Å². The molecule has 0 amide bonds. The van der Waals surface area contributed by atoms with E-state index in [9.17, 15) is 4.79 Å². The molecule has 0 bridgehead atoms. The quantitative estimate of drug-likeness (QED) is 0.472. The lowest BCUT2D eigenvalue weighted by atomic mass is 9.77. The number of Topliss-reactive ketones (excluding diaryl/α,β-unsaturated/α-hetero) is 1. The maximum atomic E-state index is 11.1. The van der Waals surface area contributed by atoms with Crippen LogP contribution in [-0.2, 0) is 9.53 Å². The summed E-state index contributed by atoms with van der Waals surface area (Å²) in [6.45, 7) is 4.26. The Kier molecular flexibility index (Phi) is 1.03. The molecule has 0 radical (unpaired) electrons. The summed E-state index contributed by atoms with van der Waals surface area (Å²) in [5.41, 5.74) is 0.189. The van der Waals surface area contributed by atoms with E-state index in [0.29, 0.717) is 12.2 Å². The summed E-state index contributed by atoms with van der Waals surface area (Å²) in [5, 5.41) is 0. The molecule has 0 aromatic heterocycles. The minimum absolute atomic E-state index is 0.00646. The van der Waals surface area contributed by atoms with E-state index in [1.165, 1.54) is 0 Å². The van der Waals surface area contributed by atoms with Crippen LogP contribution in [0.15, 0.2) is 0 Å². The number of carbonyl (C=O) groups excluding carboxylic acids is 1. The van der Waals surface area contributed by atoms with Gasteiger partial charge < -0.3 is 4.74 Å². The molecule has 1 heterocycles. The van der Waals surface area contributed by atoms with Gasteiger partial charge >= 0.3 is 0 Å². The van der Waals surface area contributed by atoms with E-state index >= 15 is 0 Å². The summed E-state index contributed by atoms with van der Waals surface area (Å²) in [5.74, 6) is 0.307. The average Bonchev–Trinajstić information content (AvgIpc) is 2.40. The first-order chi connectivity index (χ1) is 4.58. The fourth-order valence-electron chi connectivity index (χ4n) is 1.77. The maximum absolute atomic E-state index is 11.1. The molecule has 0 N–H and O–H groups in total. The highest BCUT2D eigenvalue weighted by molar-refractivity contribution is 5.87. The van der Waals surface area contributed by atoms with Crippen molar-refractivity contribution in [2.75, 3.05) is 0 Å². The van der Waals surface area contributed by atoms with Gasteiger partial charge in [-0.1, -0.05) is 13.8 Å². The molecule has 2 fully saturated rings. The van der Waals surface area contributed by atoms with Gasteiger partial charge in [0.2, 0.25) is 0 Å². The Morgan fingerprint density at radius 2 is 2.30 bits per heavy atom. The van der Waals surface area contributed by atoms with Crippen molar-refractivity contribution in [1.82, 2.24) is 0 Å². The van der Waals surface area contributed by atoms with Gasteiger partial charge in [-0.3, -0.25) is 4.79 Å². The second-order valence-corrected chi connectivity index (χ2v) is 4.11. The van der Waals surface area contributed by atoms with Gasteiger partial charge in [-0.15, -0.1) is 0 Å². The van der Waals surface area contributed by atoms with Gasteiger partial charge in [0.1, 0.15) is 6.10 Å². The molecular formula is C8H12O2. The first-order valence-electron chi connectivity index (χ1n) is 3.77. The van der Waals surface area contributed by atoms with Crippen molar-refractivity contribution >= 4 is 5.78 Å². The zero-order valence-electron chi connectivity index (χ0n) is 6.39. The Hall–Kier alpha value is -0.370. The van der Waals surface area contributed by atoms with E-state index in [4.69, 9.17) is 4.74 Å². The van der Waals surface area contributed by atoms with Gasteiger partial charge in [0.15, 0.2) is 5.78 Å². The number of ether oxygens (including phenoxy) is 1. The third-order valence-electron chi connectivity index (χ3n) is 2.31. The molecule has 1 aliphatic carbocycles. The van der Waals surface area contributed by atoms with Gasteiger partial charge in [-0.2, -0.15) is 0 Å². The van der Waals surface area contributed by atoms with Crippen LogP contribution in [0.3, 0.4) is 0 Å².